The highest BCUT2D eigenvalue weighted by Crippen LogP contribution is 2.37. The molecular formula is C29H30N2O5. The first-order valence-electron chi connectivity index (χ1n) is 11.9. The minimum atomic E-state index is -0.587. The molecule has 0 aliphatic carbocycles. The Morgan fingerprint density at radius 1 is 1.11 bits per heavy atom. The second-order valence-corrected chi connectivity index (χ2v) is 8.46. The Kier molecular flexibility index (Phi) is 7.59. The maximum Gasteiger partial charge on any atom is 0.268 e. The van der Waals surface area contributed by atoms with Crippen LogP contribution in [0.25, 0.3) is 6.08 Å². The first-order valence-corrected chi connectivity index (χ1v) is 11.9. The van der Waals surface area contributed by atoms with Crippen LogP contribution in [0.5, 0.6) is 17.2 Å². The van der Waals surface area contributed by atoms with Crippen molar-refractivity contribution < 1.29 is 23.8 Å². The molecule has 2 amide bonds. The van der Waals surface area contributed by atoms with Gasteiger partial charge in [0.15, 0.2) is 17.6 Å². The van der Waals surface area contributed by atoms with Gasteiger partial charge in [-0.05, 0) is 73.9 Å². The number of fused-ring (bicyclic) bond motifs is 1. The number of nitrogens with one attached hydrogen (secondary N) is 1. The summed E-state index contributed by atoms with van der Waals surface area (Å²) in [6.07, 6.45) is 2.56. The van der Waals surface area contributed by atoms with Gasteiger partial charge in [0, 0.05) is 11.8 Å². The van der Waals surface area contributed by atoms with Gasteiger partial charge in [0.05, 0.1) is 25.9 Å². The number of ether oxygens (including phenoxy) is 3. The zero-order valence-electron chi connectivity index (χ0n) is 20.9. The summed E-state index contributed by atoms with van der Waals surface area (Å²) in [6, 6.07) is 18.7. The van der Waals surface area contributed by atoms with Crippen LogP contribution in [0.2, 0.25) is 0 Å². The van der Waals surface area contributed by atoms with E-state index in [1.165, 1.54) is 6.08 Å². The topological polar surface area (TPSA) is 77.1 Å². The second-order valence-electron chi connectivity index (χ2n) is 8.46. The summed E-state index contributed by atoms with van der Waals surface area (Å²) >= 11 is 0. The standard InChI is InChI=1S/C29H30N2O5/c1-5-35-26-13-10-21(16-27(26)34-4)11-15-28(32)30-23-12-14-25-24(17-23)31(29(33)20(3)36-25)18-22-9-7-6-8-19(22)2/h6-17,20H,5,18H2,1-4H3,(H,30,32)/b15-11+. The van der Waals surface area contributed by atoms with Gasteiger partial charge in [-0.15, -0.1) is 0 Å². The molecule has 4 rings (SSSR count). The van der Waals surface area contributed by atoms with Crippen molar-refractivity contribution in [3.8, 4) is 17.2 Å². The number of benzene rings is 3. The normalized spacial score (nSPS) is 14.8. The van der Waals surface area contributed by atoms with E-state index in [-0.39, 0.29) is 11.8 Å². The van der Waals surface area contributed by atoms with Crippen molar-refractivity contribution in [2.24, 2.45) is 0 Å². The van der Waals surface area contributed by atoms with Crippen molar-refractivity contribution >= 4 is 29.3 Å². The second kappa shape index (κ2) is 11.0. The summed E-state index contributed by atoms with van der Waals surface area (Å²) in [5, 5.41) is 2.87. The molecule has 0 saturated heterocycles. The zero-order chi connectivity index (χ0) is 25.7. The third-order valence-electron chi connectivity index (χ3n) is 5.94. The number of rotatable bonds is 8. The van der Waals surface area contributed by atoms with Crippen LogP contribution >= 0.6 is 0 Å². The molecule has 0 bridgehead atoms. The monoisotopic (exact) mass is 486 g/mol. The molecule has 36 heavy (non-hydrogen) atoms. The van der Waals surface area contributed by atoms with Crippen LogP contribution in [-0.2, 0) is 16.1 Å². The van der Waals surface area contributed by atoms with Crippen LogP contribution in [0.4, 0.5) is 11.4 Å². The van der Waals surface area contributed by atoms with Gasteiger partial charge >= 0.3 is 0 Å². The molecule has 0 fully saturated rings. The summed E-state index contributed by atoms with van der Waals surface area (Å²) < 4.78 is 16.7. The Morgan fingerprint density at radius 2 is 1.92 bits per heavy atom. The first kappa shape index (κ1) is 24.9. The SMILES string of the molecule is CCOc1ccc(/C=C/C(=O)Nc2ccc3c(c2)N(Cc2ccccc2C)C(=O)C(C)O3)cc1OC. The van der Waals surface area contributed by atoms with Gasteiger partial charge in [0.2, 0.25) is 5.91 Å². The maximum absolute atomic E-state index is 13.0. The van der Waals surface area contributed by atoms with E-state index in [4.69, 9.17) is 14.2 Å². The number of aryl methyl sites for hydroxylation is 1. The molecule has 1 N–H and O–H groups in total. The third kappa shape index (κ3) is 5.51. The quantitative estimate of drug-likeness (QED) is 0.433. The molecule has 0 saturated carbocycles. The predicted molar refractivity (Wildman–Crippen MR) is 141 cm³/mol. The molecule has 3 aromatic carbocycles. The Labute approximate surface area is 211 Å². The van der Waals surface area contributed by atoms with Crippen molar-refractivity contribution in [2.45, 2.75) is 33.4 Å². The number of methoxy groups -OCH3 is 1. The fourth-order valence-electron chi connectivity index (χ4n) is 4.02. The molecule has 3 aromatic rings. The van der Waals surface area contributed by atoms with Gasteiger partial charge in [-0.25, -0.2) is 0 Å². The Hall–Kier alpha value is -4.26. The fourth-order valence-corrected chi connectivity index (χ4v) is 4.02. The van der Waals surface area contributed by atoms with Crippen LogP contribution < -0.4 is 24.4 Å². The van der Waals surface area contributed by atoms with Gasteiger partial charge in [-0.3, -0.25) is 9.59 Å². The molecule has 186 valence electrons. The van der Waals surface area contributed by atoms with E-state index in [9.17, 15) is 9.59 Å². The minimum Gasteiger partial charge on any atom is -0.493 e. The number of hydrogen-bond acceptors (Lipinski definition) is 5. The lowest BCUT2D eigenvalue weighted by Crippen LogP contribution is -2.44. The molecule has 7 heteroatoms. The van der Waals surface area contributed by atoms with E-state index in [0.29, 0.717) is 41.8 Å². The van der Waals surface area contributed by atoms with Crippen molar-refractivity contribution in [3.05, 3.63) is 83.4 Å². The number of nitrogens with zero attached hydrogens (tertiary/aromatic N) is 1. The molecule has 1 atom stereocenters. The smallest absolute Gasteiger partial charge is 0.268 e. The van der Waals surface area contributed by atoms with Gasteiger partial charge in [0.25, 0.3) is 5.91 Å². The lowest BCUT2D eigenvalue weighted by atomic mass is 10.1. The molecule has 1 aliphatic rings. The number of anilines is 2. The molecule has 1 unspecified atom stereocenters. The number of carbonyl (C=O) groups excluding carboxylic acids is 2. The van der Waals surface area contributed by atoms with Crippen LogP contribution in [0.1, 0.15) is 30.5 Å². The van der Waals surface area contributed by atoms with E-state index < -0.39 is 6.10 Å². The average molecular weight is 487 g/mol. The van der Waals surface area contributed by atoms with Gasteiger partial charge in [-0.2, -0.15) is 0 Å². The van der Waals surface area contributed by atoms with Crippen molar-refractivity contribution in [1.29, 1.82) is 0 Å². The largest absolute Gasteiger partial charge is 0.493 e. The van der Waals surface area contributed by atoms with Crippen LogP contribution in [0, 0.1) is 6.92 Å². The molecule has 1 heterocycles. The fraction of sp³-hybridized carbons (Fsp3) is 0.241. The van der Waals surface area contributed by atoms with Crippen molar-refractivity contribution in [1.82, 2.24) is 0 Å². The molecule has 1 aliphatic heterocycles. The van der Waals surface area contributed by atoms with E-state index in [1.54, 1.807) is 49.3 Å². The third-order valence-corrected chi connectivity index (χ3v) is 5.94. The Balaban J connectivity index is 1.52. The molecule has 7 nitrogen and oxygen atoms in total. The molecule has 0 aromatic heterocycles. The van der Waals surface area contributed by atoms with Crippen LogP contribution in [-0.4, -0.2) is 31.6 Å². The van der Waals surface area contributed by atoms with Gasteiger partial charge in [0.1, 0.15) is 5.75 Å². The van der Waals surface area contributed by atoms with E-state index in [2.05, 4.69) is 5.32 Å². The lowest BCUT2D eigenvalue weighted by Gasteiger charge is -2.33. The number of carbonyl (C=O) groups is 2. The van der Waals surface area contributed by atoms with E-state index >= 15 is 0 Å². The zero-order valence-corrected chi connectivity index (χ0v) is 20.9. The first-order chi connectivity index (χ1) is 17.4. The Bertz CT molecular complexity index is 1300. The number of hydrogen-bond donors (Lipinski definition) is 1. The highest BCUT2D eigenvalue weighted by Gasteiger charge is 2.32. The van der Waals surface area contributed by atoms with Crippen LogP contribution in [0.15, 0.2) is 66.7 Å². The van der Waals surface area contributed by atoms with Crippen molar-refractivity contribution in [3.63, 3.8) is 0 Å². The predicted octanol–water partition coefficient (Wildman–Crippen LogP) is 5.37. The highest BCUT2D eigenvalue weighted by atomic mass is 16.5. The summed E-state index contributed by atoms with van der Waals surface area (Å²) in [5.41, 5.74) is 4.14. The van der Waals surface area contributed by atoms with Gasteiger partial charge in [-0.1, -0.05) is 30.3 Å². The average Bonchev–Trinajstić information content (AvgIpc) is 2.87. The molecule has 0 spiro atoms. The van der Waals surface area contributed by atoms with E-state index in [1.807, 2.05) is 50.2 Å². The molecular weight excluding hydrogens is 456 g/mol. The summed E-state index contributed by atoms with van der Waals surface area (Å²) in [7, 11) is 1.58. The minimum absolute atomic E-state index is 0.126. The maximum atomic E-state index is 13.0. The highest BCUT2D eigenvalue weighted by molar-refractivity contribution is 6.04. The summed E-state index contributed by atoms with van der Waals surface area (Å²) in [5.74, 6) is 1.42. The lowest BCUT2D eigenvalue weighted by molar-refractivity contribution is -0.125. The number of amides is 2. The Morgan fingerprint density at radius 3 is 2.67 bits per heavy atom. The summed E-state index contributed by atoms with van der Waals surface area (Å²) in [6.45, 7) is 6.62. The van der Waals surface area contributed by atoms with Crippen molar-refractivity contribution in [2.75, 3.05) is 23.9 Å². The van der Waals surface area contributed by atoms with Crippen LogP contribution in [0.3, 0.4) is 0 Å². The summed E-state index contributed by atoms with van der Waals surface area (Å²) in [4.78, 5) is 27.4. The van der Waals surface area contributed by atoms with Gasteiger partial charge < -0.3 is 24.4 Å². The molecule has 0 radical (unpaired) electrons. The van der Waals surface area contributed by atoms with E-state index in [0.717, 1.165) is 16.7 Å².